The summed E-state index contributed by atoms with van der Waals surface area (Å²) in [4.78, 5) is 14.4. The number of benzene rings is 4. The van der Waals surface area contributed by atoms with E-state index in [-0.39, 0.29) is 5.78 Å². The van der Waals surface area contributed by atoms with Crippen molar-refractivity contribution in [3.8, 4) is 11.8 Å². The van der Waals surface area contributed by atoms with Crippen molar-refractivity contribution < 1.29 is 4.79 Å². The van der Waals surface area contributed by atoms with Gasteiger partial charge in [-0.2, -0.15) is 0 Å². The Morgan fingerprint density at radius 3 is 2.06 bits per heavy atom. The predicted molar refractivity (Wildman–Crippen MR) is 149 cm³/mol. The van der Waals surface area contributed by atoms with E-state index in [1.807, 2.05) is 116 Å². The first-order valence-corrected chi connectivity index (χ1v) is 12.1. The molecule has 0 heterocycles. The molecule has 2 nitrogen and oxygen atoms in total. The number of carbonyl (C=O) groups is 1. The lowest BCUT2D eigenvalue weighted by atomic mass is 9.81. The molecule has 0 saturated carbocycles. The van der Waals surface area contributed by atoms with Crippen molar-refractivity contribution in [2.45, 2.75) is 12.8 Å². The molecule has 4 heteroatoms. The highest BCUT2D eigenvalue weighted by Gasteiger charge is 2.33. The number of hydrogen-bond acceptors (Lipinski definition) is 2. The van der Waals surface area contributed by atoms with Crippen molar-refractivity contribution in [2.24, 2.45) is 5.92 Å². The number of thiocarbonyl (C=S) groups is 1. The molecule has 0 bridgehead atoms. The lowest BCUT2D eigenvalue weighted by Crippen LogP contribution is -2.33. The van der Waals surface area contributed by atoms with Crippen LogP contribution in [0.1, 0.15) is 33.0 Å². The predicted octanol–water partition coefficient (Wildman–Crippen LogP) is 7.72. The number of halogens is 1. The van der Waals surface area contributed by atoms with E-state index in [4.69, 9.17) is 23.8 Å². The lowest BCUT2D eigenvalue weighted by molar-refractivity contribution is 0.0949. The molecule has 172 valence electrons. The van der Waals surface area contributed by atoms with E-state index in [0.29, 0.717) is 15.6 Å². The van der Waals surface area contributed by atoms with E-state index < -0.39 is 11.8 Å². The first-order chi connectivity index (χ1) is 17.0. The van der Waals surface area contributed by atoms with E-state index in [1.54, 1.807) is 0 Å². The zero-order valence-corrected chi connectivity index (χ0v) is 20.8. The minimum Gasteiger partial charge on any atom is -0.349 e. The van der Waals surface area contributed by atoms with Gasteiger partial charge in [0.2, 0.25) is 0 Å². The third-order valence-corrected chi connectivity index (χ3v) is 6.26. The van der Waals surface area contributed by atoms with Crippen molar-refractivity contribution in [3.05, 3.63) is 136 Å². The van der Waals surface area contributed by atoms with Gasteiger partial charge in [0.1, 0.15) is 0 Å². The van der Waals surface area contributed by atoms with Gasteiger partial charge in [0.25, 0.3) is 0 Å². The smallest absolute Gasteiger partial charge is 0.174 e. The van der Waals surface area contributed by atoms with Crippen LogP contribution in [0, 0.1) is 24.7 Å². The Kier molecular flexibility index (Phi) is 8.11. The van der Waals surface area contributed by atoms with Crippen LogP contribution >= 0.6 is 23.8 Å². The molecule has 0 aliphatic rings. The van der Waals surface area contributed by atoms with E-state index in [9.17, 15) is 4.79 Å². The maximum Gasteiger partial charge on any atom is 0.174 e. The topological polar surface area (TPSA) is 29.1 Å². The second-order valence-corrected chi connectivity index (χ2v) is 9.10. The molecular weight excluding hydrogens is 470 g/mol. The summed E-state index contributed by atoms with van der Waals surface area (Å²) in [5.74, 6) is 5.34. The second kappa shape index (κ2) is 11.6. The maximum atomic E-state index is 14.0. The molecule has 0 aliphatic carbocycles. The van der Waals surface area contributed by atoms with Crippen molar-refractivity contribution in [3.63, 3.8) is 0 Å². The van der Waals surface area contributed by atoms with E-state index in [2.05, 4.69) is 17.2 Å². The summed E-state index contributed by atoms with van der Waals surface area (Å²) in [7, 11) is 0. The van der Waals surface area contributed by atoms with Gasteiger partial charge in [0.05, 0.1) is 16.8 Å². The van der Waals surface area contributed by atoms with Crippen molar-refractivity contribution in [1.29, 1.82) is 0 Å². The summed E-state index contributed by atoms with van der Waals surface area (Å²) < 4.78 is 0. The van der Waals surface area contributed by atoms with Crippen LogP contribution in [0.2, 0.25) is 5.02 Å². The van der Waals surface area contributed by atoms with Crippen LogP contribution in [0.15, 0.2) is 109 Å². The van der Waals surface area contributed by atoms with E-state index in [0.717, 1.165) is 22.4 Å². The van der Waals surface area contributed by atoms with Gasteiger partial charge in [0.15, 0.2) is 5.78 Å². The molecule has 0 fully saturated rings. The standard InChI is InChI=1S/C31H24ClNOS/c1-22-12-15-25(16-13-22)30(34)29(31(35)33-27-10-6-3-7-11-27)28(24-17-19-26(32)20-18-24)21-14-23-8-4-2-5-9-23/h2-13,15-20,28-29H,1H3,(H,33,35). The van der Waals surface area contributed by atoms with Gasteiger partial charge in [-0.3, -0.25) is 4.79 Å². The molecule has 2 unspecified atom stereocenters. The van der Waals surface area contributed by atoms with Crippen LogP contribution in [-0.2, 0) is 0 Å². The molecule has 0 saturated heterocycles. The zero-order valence-electron chi connectivity index (χ0n) is 19.2. The molecule has 0 aromatic heterocycles. The Morgan fingerprint density at radius 1 is 0.829 bits per heavy atom. The average molecular weight is 494 g/mol. The van der Waals surface area contributed by atoms with Gasteiger partial charge < -0.3 is 5.32 Å². The maximum absolute atomic E-state index is 14.0. The molecule has 0 amide bonds. The molecule has 0 radical (unpaired) electrons. The van der Waals surface area contributed by atoms with Crippen LogP contribution in [0.5, 0.6) is 0 Å². The average Bonchev–Trinajstić information content (AvgIpc) is 2.88. The first-order valence-electron chi connectivity index (χ1n) is 11.3. The molecule has 4 aromatic carbocycles. The summed E-state index contributed by atoms with van der Waals surface area (Å²) in [6, 6.07) is 34.4. The van der Waals surface area contributed by atoms with E-state index in [1.165, 1.54) is 0 Å². The lowest BCUT2D eigenvalue weighted by Gasteiger charge is -2.25. The Balaban J connectivity index is 1.81. The minimum atomic E-state index is -0.703. The first kappa shape index (κ1) is 24.4. The van der Waals surface area contributed by atoms with Crippen LogP contribution in [0.3, 0.4) is 0 Å². The number of rotatable bonds is 6. The fourth-order valence-electron chi connectivity index (χ4n) is 3.77. The minimum absolute atomic E-state index is 0.0826. The normalized spacial score (nSPS) is 12.1. The SMILES string of the molecule is Cc1ccc(C(=O)C(C(=S)Nc2ccccc2)C(C#Cc2ccccc2)c2ccc(Cl)cc2)cc1. The van der Waals surface area contributed by atoms with Crippen LogP contribution in [0.25, 0.3) is 0 Å². The molecule has 1 N–H and O–H groups in total. The number of para-hydroxylation sites is 1. The molecular formula is C31H24ClNOS. The van der Waals surface area contributed by atoms with Crippen molar-refractivity contribution >= 4 is 40.3 Å². The van der Waals surface area contributed by atoms with Gasteiger partial charge in [-0.05, 0) is 48.9 Å². The van der Waals surface area contributed by atoms with Crippen LogP contribution in [-0.4, -0.2) is 10.8 Å². The third-order valence-electron chi connectivity index (χ3n) is 5.65. The van der Waals surface area contributed by atoms with Crippen molar-refractivity contribution in [2.75, 3.05) is 5.32 Å². The number of ketones is 1. The fourth-order valence-corrected chi connectivity index (χ4v) is 4.26. The summed E-state index contributed by atoms with van der Waals surface area (Å²) in [5, 5.41) is 3.90. The van der Waals surface area contributed by atoms with Crippen LogP contribution in [0.4, 0.5) is 5.69 Å². The van der Waals surface area contributed by atoms with Crippen LogP contribution < -0.4 is 5.32 Å². The number of carbonyl (C=O) groups excluding carboxylic acids is 1. The highest BCUT2D eigenvalue weighted by molar-refractivity contribution is 7.80. The zero-order chi connectivity index (χ0) is 24.6. The van der Waals surface area contributed by atoms with Gasteiger partial charge in [-0.1, -0.05) is 114 Å². The molecule has 0 aliphatic heterocycles. The summed E-state index contributed by atoms with van der Waals surface area (Å²) in [5.41, 5.74) is 4.25. The number of anilines is 1. The van der Waals surface area contributed by atoms with E-state index >= 15 is 0 Å². The quantitative estimate of drug-likeness (QED) is 0.169. The highest BCUT2D eigenvalue weighted by Crippen LogP contribution is 2.31. The van der Waals surface area contributed by atoms with Gasteiger partial charge in [0, 0.05) is 21.8 Å². The monoisotopic (exact) mass is 493 g/mol. The molecule has 4 rings (SSSR count). The number of aryl methyl sites for hydroxylation is 1. The molecule has 2 atom stereocenters. The fraction of sp³-hybridized carbons (Fsp3) is 0.0968. The number of hydrogen-bond donors (Lipinski definition) is 1. The summed E-state index contributed by atoms with van der Waals surface area (Å²) >= 11 is 12.0. The molecule has 4 aromatic rings. The molecule has 0 spiro atoms. The largest absolute Gasteiger partial charge is 0.349 e. The Hall–Kier alpha value is -3.71. The Labute approximate surface area is 217 Å². The summed E-state index contributed by atoms with van der Waals surface area (Å²) in [6.45, 7) is 2.00. The second-order valence-electron chi connectivity index (χ2n) is 8.23. The Morgan fingerprint density at radius 2 is 1.43 bits per heavy atom. The van der Waals surface area contributed by atoms with Gasteiger partial charge in [-0.15, -0.1) is 0 Å². The highest BCUT2D eigenvalue weighted by atomic mass is 35.5. The Bertz CT molecular complexity index is 1360. The third kappa shape index (κ3) is 6.45. The number of nitrogens with one attached hydrogen (secondary N) is 1. The van der Waals surface area contributed by atoms with Crippen molar-refractivity contribution in [1.82, 2.24) is 0 Å². The number of Topliss-reactive ketones (excluding diaryl/α,β-unsaturated/α-hetero) is 1. The van der Waals surface area contributed by atoms with Gasteiger partial charge >= 0.3 is 0 Å². The van der Waals surface area contributed by atoms with Gasteiger partial charge in [-0.25, -0.2) is 0 Å². The molecule has 35 heavy (non-hydrogen) atoms. The summed E-state index contributed by atoms with van der Waals surface area (Å²) in [6.07, 6.45) is 0.